The third-order valence-corrected chi connectivity index (χ3v) is 4.30. The summed E-state index contributed by atoms with van der Waals surface area (Å²) in [6.45, 7) is 5.41. The molecule has 1 fully saturated rings. The summed E-state index contributed by atoms with van der Waals surface area (Å²) in [5.74, 6) is -1.23. The normalized spacial score (nSPS) is 15.0. The zero-order valence-corrected chi connectivity index (χ0v) is 15.1. The van der Waals surface area contributed by atoms with Crippen molar-refractivity contribution in [2.75, 3.05) is 64.9 Å². The van der Waals surface area contributed by atoms with Crippen molar-refractivity contribution in [1.82, 2.24) is 15.5 Å². The Labute approximate surface area is 149 Å². The van der Waals surface area contributed by atoms with E-state index < -0.39 is 11.8 Å². The number of piperazine rings is 1. The third-order valence-electron chi connectivity index (χ3n) is 4.30. The van der Waals surface area contributed by atoms with Crippen LogP contribution in [0.1, 0.15) is 5.56 Å². The average Bonchev–Trinajstić information content (AvgIpc) is 2.63. The van der Waals surface area contributed by atoms with Crippen LogP contribution in [0.5, 0.6) is 0 Å². The van der Waals surface area contributed by atoms with Crippen molar-refractivity contribution in [3.8, 4) is 0 Å². The second-order valence-electron chi connectivity index (χ2n) is 6.21. The van der Waals surface area contributed by atoms with E-state index in [2.05, 4.69) is 51.7 Å². The number of methoxy groups -OCH3 is 1. The zero-order valence-electron chi connectivity index (χ0n) is 15.1. The van der Waals surface area contributed by atoms with Crippen molar-refractivity contribution in [1.29, 1.82) is 0 Å². The van der Waals surface area contributed by atoms with Crippen molar-refractivity contribution in [3.63, 3.8) is 0 Å². The van der Waals surface area contributed by atoms with Gasteiger partial charge in [0.2, 0.25) is 0 Å². The molecule has 25 heavy (non-hydrogen) atoms. The van der Waals surface area contributed by atoms with Crippen LogP contribution >= 0.6 is 0 Å². The smallest absolute Gasteiger partial charge is 0.309 e. The monoisotopic (exact) mass is 348 g/mol. The van der Waals surface area contributed by atoms with Gasteiger partial charge in [-0.3, -0.25) is 9.59 Å². The highest BCUT2D eigenvalue weighted by molar-refractivity contribution is 6.35. The summed E-state index contributed by atoms with van der Waals surface area (Å²) in [4.78, 5) is 27.9. The van der Waals surface area contributed by atoms with Gasteiger partial charge in [-0.15, -0.1) is 0 Å². The Morgan fingerprint density at radius 1 is 1.00 bits per heavy atom. The molecule has 0 unspecified atom stereocenters. The number of carbonyl (C=O) groups excluding carboxylic acids is 2. The molecule has 7 nitrogen and oxygen atoms in total. The second kappa shape index (κ2) is 10.0. The number of amides is 2. The zero-order chi connectivity index (χ0) is 18.1. The molecule has 0 atom stereocenters. The van der Waals surface area contributed by atoms with Gasteiger partial charge in [0, 0.05) is 52.1 Å². The van der Waals surface area contributed by atoms with E-state index in [0.717, 1.165) is 31.7 Å². The number of carbonyl (C=O) groups is 2. The number of hydrogen-bond acceptors (Lipinski definition) is 5. The lowest BCUT2D eigenvalue weighted by molar-refractivity contribution is -0.139. The molecule has 1 saturated heterocycles. The summed E-state index contributed by atoms with van der Waals surface area (Å²) < 4.78 is 4.82. The van der Waals surface area contributed by atoms with Gasteiger partial charge in [0.05, 0.1) is 6.61 Å². The maximum absolute atomic E-state index is 11.6. The van der Waals surface area contributed by atoms with Crippen LogP contribution in [0.3, 0.4) is 0 Å². The highest BCUT2D eigenvalue weighted by Crippen LogP contribution is 2.17. The lowest BCUT2D eigenvalue weighted by Gasteiger charge is -2.34. The molecule has 2 N–H and O–H groups in total. The van der Waals surface area contributed by atoms with E-state index in [4.69, 9.17) is 4.74 Å². The summed E-state index contributed by atoms with van der Waals surface area (Å²) in [6.07, 6.45) is 0.695. The molecular formula is C18H28N4O3. The number of likely N-dealkylation sites (N-methyl/N-ethyl adjacent to an activating group) is 1. The molecule has 1 aromatic carbocycles. The SMILES string of the molecule is COCCNC(=O)C(=O)NCCc1ccc(N2CCN(C)CC2)cc1. The molecule has 7 heteroatoms. The van der Waals surface area contributed by atoms with Crippen LogP contribution in [0.4, 0.5) is 5.69 Å². The number of nitrogens with one attached hydrogen (secondary N) is 2. The van der Waals surface area contributed by atoms with Gasteiger partial charge < -0.3 is 25.2 Å². The molecular weight excluding hydrogens is 320 g/mol. The summed E-state index contributed by atoms with van der Waals surface area (Å²) in [7, 11) is 3.69. The van der Waals surface area contributed by atoms with Gasteiger partial charge >= 0.3 is 11.8 Å². The first-order valence-electron chi connectivity index (χ1n) is 8.67. The van der Waals surface area contributed by atoms with Crippen LogP contribution < -0.4 is 15.5 Å². The van der Waals surface area contributed by atoms with Crippen LogP contribution in [0.15, 0.2) is 24.3 Å². The van der Waals surface area contributed by atoms with Crippen LogP contribution in [0, 0.1) is 0 Å². The van der Waals surface area contributed by atoms with Crippen molar-refractivity contribution in [2.45, 2.75) is 6.42 Å². The van der Waals surface area contributed by atoms with Crippen molar-refractivity contribution in [2.24, 2.45) is 0 Å². The summed E-state index contributed by atoms with van der Waals surface area (Å²) >= 11 is 0. The molecule has 0 aromatic heterocycles. The van der Waals surface area contributed by atoms with E-state index in [-0.39, 0.29) is 0 Å². The maximum atomic E-state index is 11.6. The highest BCUT2D eigenvalue weighted by atomic mass is 16.5. The minimum atomic E-state index is -0.623. The first-order chi connectivity index (χ1) is 12.1. The molecule has 1 aliphatic heterocycles. The second-order valence-corrected chi connectivity index (χ2v) is 6.21. The van der Waals surface area contributed by atoms with Crippen LogP contribution in [-0.2, 0) is 20.7 Å². The Balaban J connectivity index is 1.71. The van der Waals surface area contributed by atoms with Crippen LogP contribution in [-0.4, -0.2) is 76.7 Å². The lowest BCUT2D eigenvalue weighted by Crippen LogP contribution is -2.44. The Kier molecular flexibility index (Phi) is 7.69. The van der Waals surface area contributed by atoms with E-state index in [1.807, 2.05) is 0 Å². The van der Waals surface area contributed by atoms with E-state index in [9.17, 15) is 9.59 Å². The molecule has 0 spiro atoms. The van der Waals surface area contributed by atoms with Crippen LogP contribution in [0.2, 0.25) is 0 Å². The molecule has 0 saturated carbocycles. The third kappa shape index (κ3) is 6.36. The summed E-state index contributed by atoms with van der Waals surface area (Å²) in [5, 5.41) is 5.13. The fourth-order valence-corrected chi connectivity index (χ4v) is 2.69. The fraction of sp³-hybridized carbons (Fsp3) is 0.556. The number of anilines is 1. The Hall–Kier alpha value is -2.12. The number of benzene rings is 1. The predicted molar refractivity (Wildman–Crippen MR) is 97.8 cm³/mol. The molecule has 1 aliphatic rings. The minimum Gasteiger partial charge on any atom is -0.383 e. The lowest BCUT2D eigenvalue weighted by atomic mass is 10.1. The number of ether oxygens (including phenoxy) is 1. The van der Waals surface area contributed by atoms with Gasteiger partial charge in [0.25, 0.3) is 0 Å². The Morgan fingerprint density at radius 2 is 1.60 bits per heavy atom. The van der Waals surface area contributed by atoms with Crippen molar-refractivity contribution in [3.05, 3.63) is 29.8 Å². The largest absolute Gasteiger partial charge is 0.383 e. The molecule has 0 aliphatic carbocycles. The number of nitrogens with zero attached hydrogens (tertiary/aromatic N) is 2. The predicted octanol–water partition coefficient (Wildman–Crippen LogP) is -0.140. The first kappa shape index (κ1) is 19.2. The highest BCUT2D eigenvalue weighted by Gasteiger charge is 2.14. The van der Waals surface area contributed by atoms with Crippen molar-refractivity contribution >= 4 is 17.5 Å². The van der Waals surface area contributed by atoms with E-state index in [0.29, 0.717) is 26.1 Å². The van der Waals surface area contributed by atoms with E-state index in [1.54, 1.807) is 7.11 Å². The quantitative estimate of drug-likeness (QED) is 0.530. The molecule has 2 amide bonds. The molecule has 1 heterocycles. The minimum absolute atomic E-state index is 0.330. The fourth-order valence-electron chi connectivity index (χ4n) is 2.69. The van der Waals surface area contributed by atoms with E-state index >= 15 is 0 Å². The first-order valence-corrected chi connectivity index (χ1v) is 8.67. The van der Waals surface area contributed by atoms with Gasteiger partial charge in [0.15, 0.2) is 0 Å². The van der Waals surface area contributed by atoms with Gasteiger partial charge in [-0.25, -0.2) is 0 Å². The van der Waals surface area contributed by atoms with Gasteiger partial charge in [-0.2, -0.15) is 0 Å². The van der Waals surface area contributed by atoms with Gasteiger partial charge in [-0.05, 0) is 31.2 Å². The molecule has 1 aromatic rings. The Morgan fingerprint density at radius 3 is 2.20 bits per heavy atom. The standard InChI is InChI=1S/C18H28N4O3/c1-21-10-12-22(13-11-21)16-5-3-15(4-6-16)7-8-19-17(23)18(24)20-9-14-25-2/h3-6H,7-14H2,1-2H3,(H,19,23)(H,20,24). The summed E-state index contributed by atoms with van der Waals surface area (Å²) in [5.41, 5.74) is 2.37. The van der Waals surface area contributed by atoms with Crippen LogP contribution in [0.25, 0.3) is 0 Å². The molecule has 138 valence electrons. The maximum Gasteiger partial charge on any atom is 0.309 e. The number of hydrogen-bond donors (Lipinski definition) is 2. The Bertz CT molecular complexity index is 554. The van der Waals surface area contributed by atoms with Gasteiger partial charge in [0.1, 0.15) is 0 Å². The summed E-state index contributed by atoms with van der Waals surface area (Å²) in [6, 6.07) is 8.41. The van der Waals surface area contributed by atoms with E-state index in [1.165, 1.54) is 5.69 Å². The molecule has 0 radical (unpaired) electrons. The number of rotatable bonds is 7. The molecule has 2 rings (SSSR count). The average molecular weight is 348 g/mol. The molecule has 0 bridgehead atoms. The topological polar surface area (TPSA) is 73.9 Å². The van der Waals surface area contributed by atoms with Crippen molar-refractivity contribution < 1.29 is 14.3 Å². The van der Waals surface area contributed by atoms with Gasteiger partial charge in [-0.1, -0.05) is 12.1 Å².